The van der Waals surface area contributed by atoms with Crippen molar-refractivity contribution in [3.63, 3.8) is 0 Å². The molecule has 2 aromatic rings. The molecule has 0 bridgehead atoms. The first kappa shape index (κ1) is 33.8. The quantitative estimate of drug-likeness (QED) is 0.0862. The summed E-state index contributed by atoms with van der Waals surface area (Å²) in [5, 5.41) is -0.0171. The van der Waals surface area contributed by atoms with Crippen molar-refractivity contribution >= 4 is 14.3 Å². The molecule has 1 aliphatic rings. The van der Waals surface area contributed by atoms with Gasteiger partial charge in [0.2, 0.25) is 0 Å². The Kier molecular flexibility index (Phi) is 12.7. The third-order valence-electron chi connectivity index (χ3n) is 8.32. The van der Waals surface area contributed by atoms with Gasteiger partial charge in [-0.1, -0.05) is 64.1 Å². The smallest absolute Gasteiger partial charge is 0.342 e. The highest BCUT2D eigenvalue weighted by Gasteiger charge is 2.40. The predicted molar refractivity (Wildman–Crippen MR) is 169 cm³/mol. The third-order valence-corrected chi connectivity index (χ3v) is 12.7. The molecule has 0 saturated carbocycles. The Hall–Kier alpha value is -2.65. The predicted octanol–water partition coefficient (Wildman–Crippen LogP) is 7.73. The average Bonchev–Trinajstić information content (AvgIpc) is 2.94. The normalized spacial score (nSPS) is 21.0. The summed E-state index contributed by atoms with van der Waals surface area (Å²) in [5.41, 5.74) is 2.47. The van der Waals surface area contributed by atoms with Gasteiger partial charge < -0.3 is 28.1 Å². The topological polar surface area (TPSA) is 72.5 Å². The van der Waals surface area contributed by atoms with Crippen LogP contribution in [0.4, 0.5) is 0 Å². The summed E-state index contributed by atoms with van der Waals surface area (Å²) in [6.45, 7) is 14.2. The Morgan fingerprint density at radius 1 is 1.02 bits per heavy atom. The summed E-state index contributed by atoms with van der Waals surface area (Å²) in [7, 11) is 1.06. The molecule has 0 aliphatic carbocycles. The highest BCUT2D eigenvalue weighted by molar-refractivity contribution is 6.74. The van der Waals surface area contributed by atoms with Crippen molar-refractivity contribution in [3.8, 4) is 11.5 Å². The molecule has 1 heterocycles. The van der Waals surface area contributed by atoms with E-state index in [0.717, 1.165) is 23.3 Å². The molecule has 0 amide bonds. The Morgan fingerprint density at radius 3 is 2.43 bits per heavy atom. The van der Waals surface area contributed by atoms with Crippen LogP contribution in [0.25, 0.3) is 0 Å². The first-order valence-corrected chi connectivity index (χ1v) is 17.8. The van der Waals surface area contributed by atoms with Crippen molar-refractivity contribution < 1.29 is 32.9 Å². The van der Waals surface area contributed by atoms with Gasteiger partial charge in [0.25, 0.3) is 8.32 Å². The number of methoxy groups -OCH3 is 2. The van der Waals surface area contributed by atoms with Crippen LogP contribution < -0.4 is 9.16 Å². The van der Waals surface area contributed by atoms with Crippen LogP contribution in [0.5, 0.6) is 11.5 Å². The molecule has 1 aliphatic heterocycles. The maximum Gasteiger partial charge on any atom is 0.342 e. The van der Waals surface area contributed by atoms with Crippen LogP contribution >= 0.6 is 0 Å². The average molecular weight is 599 g/mol. The molecule has 0 radical (unpaired) electrons. The zero-order valence-corrected chi connectivity index (χ0v) is 27.7. The van der Waals surface area contributed by atoms with Crippen molar-refractivity contribution in [2.45, 2.75) is 90.3 Å². The van der Waals surface area contributed by atoms with Crippen molar-refractivity contribution in [3.05, 3.63) is 71.3 Å². The SMILES string of the molecule is COCOC1C[C@H](CCOCc2ccc(OC)cc2)OC(=O)c2c(cccc2O[Si](C)(C)C(C)(C)C)C/C=C/C[C@H]1C. The van der Waals surface area contributed by atoms with E-state index in [-0.39, 0.29) is 29.8 Å². The molecule has 42 heavy (non-hydrogen) atoms. The first-order chi connectivity index (χ1) is 19.9. The van der Waals surface area contributed by atoms with E-state index in [1.54, 1.807) is 14.2 Å². The van der Waals surface area contributed by atoms with E-state index in [1.165, 1.54) is 0 Å². The molecule has 3 atom stereocenters. The number of carbonyl (C=O) groups is 1. The molecule has 232 valence electrons. The lowest BCUT2D eigenvalue weighted by atomic mass is 9.93. The van der Waals surface area contributed by atoms with Gasteiger partial charge in [-0.15, -0.1) is 0 Å². The maximum absolute atomic E-state index is 14.0. The first-order valence-electron chi connectivity index (χ1n) is 14.9. The summed E-state index contributed by atoms with van der Waals surface area (Å²) in [6.07, 6.45) is 6.29. The number of ether oxygens (including phenoxy) is 5. The molecule has 7 nitrogen and oxygen atoms in total. The van der Waals surface area contributed by atoms with Gasteiger partial charge >= 0.3 is 5.97 Å². The van der Waals surface area contributed by atoms with Gasteiger partial charge in [-0.05, 0) is 66.2 Å². The standard InChI is InChI=1S/C34H50O7Si/c1-25-12-9-10-13-27-14-11-15-30(41-42(7,8)34(2,3)4)32(27)33(35)40-29(22-31(25)39-24-36-5)20-21-38-23-26-16-18-28(37-6)19-17-26/h9-11,14-19,25,29,31H,12-13,20-24H2,1-8H3/b10-9+/t25-,29+,31?/m1/s1. The molecule has 0 saturated heterocycles. The molecule has 2 aromatic carbocycles. The van der Waals surface area contributed by atoms with Gasteiger partial charge in [-0.3, -0.25) is 0 Å². The Balaban J connectivity index is 1.86. The lowest BCUT2D eigenvalue weighted by Gasteiger charge is -2.37. The minimum atomic E-state index is -2.21. The number of carbonyl (C=O) groups excluding carboxylic acids is 1. The van der Waals surface area contributed by atoms with Crippen molar-refractivity contribution in [1.29, 1.82) is 0 Å². The number of rotatable bonds is 11. The Labute approximate surface area is 253 Å². The third kappa shape index (κ3) is 9.69. The van der Waals surface area contributed by atoms with Crippen LogP contribution in [0.2, 0.25) is 18.1 Å². The van der Waals surface area contributed by atoms with E-state index in [2.05, 4.69) is 52.9 Å². The summed E-state index contributed by atoms with van der Waals surface area (Å²) in [6, 6.07) is 13.7. The number of hydrogen-bond donors (Lipinski definition) is 0. The van der Waals surface area contributed by atoms with Gasteiger partial charge in [0.05, 0.1) is 26.4 Å². The van der Waals surface area contributed by atoms with Crippen LogP contribution in [0.15, 0.2) is 54.6 Å². The Bertz CT molecular complexity index is 1150. The van der Waals surface area contributed by atoms with Gasteiger partial charge in [-0.25, -0.2) is 4.79 Å². The summed E-state index contributed by atoms with van der Waals surface area (Å²) >= 11 is 0. The van der Waals surface area contributed by atoms with Gasteiger partial charge in [-0.2, -0.15) is 0 Å². The molecular formula is C34H50O7Si. The van der Waals surface area contributed by atoms with Crippen LogP contribution in [0.3, 0.4) is 0 Å². The molecule has 0 spiro atoms. The fourth-order valence-electron chi connectivity index (χ4n) is 4.61. The molecule has 8 heteroatoms. The molecule has 0 fully saturated rings. The number of hydrogen-bond acceptors (Lipinski definition) is 7. The van der Waals surface area contributed by atoms with Crippen LogP contribution in [-0.2, 0) is 32.0 Å². The highest BCUT2D eigenvalue weighted by Crippen LogP contribution is 2.39. The van der Waals surface area contributed by atoms with E-state index < -0.39 is 14.4 Å². The van der Waals surface area contributed by atoms with Crippen LogP contribution in [0, 0.1) is 5.92 Å². The second-order valence-electron chi connectivity index (χ2n) is 12.6. The van der Waals surface area contributed by atoms with E-state index in [4.69, 9.17) is 28.1 Å². The van der Waals surface area contributed by atoms with Gasteiger partial charge in [0.15, 0.2) is 0 Å². The highest BCUT2D eigenvalue weighted by atomic mass is 28.4. The molecule has 1 unspecified atom stereocenters. The minimum absolute atomic E-state index is 0.0171. The fraction of sp³-hybridized carbons (Fsp3) is 0.559. The maximum atomic E-state index is 14.0. The molecule has 3 rings (SSSR count). The second kappa shape index (κ2) is 15.7. The zero-order chi connectivity index (χ0) is 30.8. The van der Waals surface area contributed by atoms with E-state index in [0.29, 0.717) is 43.8 Å². The lowest BCUT2D eigenvalue weighted by Crippen LogP contribution is -2.44. The van der Waals surface area contributed by atoms with E-state index >= 15 is 0 Å². The number of allylic oxidation sites excluding steroid dienone is 2. The van der Waals surface area contributed by atoms with Gasteiger partial charge in [0, 0.05) is 20.0 Å². The number of fused-ring (bicyclic) bond motifs is 1. The monoisotopic (exact) mass is 598 g/mol. The number of benzene rings is 2. The molecule has 0 N–H and O–H groups in total. The van der Waals surface area contributed by atoms with E-state index in [9.17, 15) is 4.79 Å². The molecular weight excluding hydrogens is 548 g/mol. The van der Waals surface area contributed by atoms with Crippen molar-refractivity contribution in [2.24, 2.45) is 5.92 Å². The van der Waals surface area contributed by atoms with Crippen LogP contribution in [-0.4, -0.2) is 54.1 Å². The number of cyclic esters (lactones) is 1. The lowest BCUT2D eigenvalue weighted by molar-refractivity contribution is -0.104. The summed E-state index contributed by atoms with van der Waals surface area (Å²) in [4.78, 5) is 14.0. The fourth-order valence-corrected chi connectivity index (χ4v) is 5.63. The van der Waals surface area contributed by atoms with Crippen LogP contribution in [0.1, 0.15) is 68.4 Å². The van der Waals surface area contributed by atoms with E-state index in [1.807, 2.05) is 42.5 Å². The minimum Gasteiger partial charge on any atom is -0.543 e. The summed E-state index contributed by atoms with van der Waals surface area (Å²) in [5.74, 6) is 1.25. The van der Waals surface area contributed by atoms with Crippen molar-refractivity contribution in [2.75, 3.05) is 27.6 Å². The largest absolute Gasteiger partial charge is 0.543 e. The number of esters is 1. The molecule has 0 aromatic heterocycles. The Morgan fingerprint density at radius 2 is 1.76 bits per heavy atom. The van der Waals surface area contributed by atoms with Crippen molar-refractivity contribution in [1.82, 2.24) is 0 Å². The summed E-state index contributed by atoms with van der Waals surface area (Å²) < 4.78 is 35.6. The van der Waals surface area contributed by atoms with Gasteiger partial charge in [0.1, 0.15) is 30.0 Å². The second-order valence-corrected chi connectivity index (χ2v) is 17.3. The zero-order valence-electron chi connectivity index (χ0n) is 26.7.